The van der Waals surface area contributed by atoms with E-state index in [1.807, 2.05) is 6.07 Å². The maximum absolute atomic E-state index is 14.8. The fourth-order valence-corrected chi connectivity index (χ4v) is 3.60. The van der Waals surface area contributed by atoms with Crippen molar-refractivity contribution in [3.05, 3.63) is 63.7 Å². The minimum atomic E-state index is -0.982. The van der Waals surface area contributed by atoms with Crippen molar-refractivity contribution in [2.45, 2.75) is 18.8 Å². The number of aromatic nitrogens is 2. The van der Waals surface area contributed by atoms with Crippen LogP contribution in [0.2, 0.25) is 0 Å². The highest BCUT2D eigenvalue weighted by atomic mass is 19.1. The Bertz CT molecular complexity index is 1380. The molecule has 4 rings (SSSR count). The van der Waals surface area contributed by atoms with Gasteiger partial charge in [-0.25, -0.2) is 13.8 Å². The van der Waals surface area contributed by atoms with E-state index in [0.29, 0.717) is 5.56 Å². The summed E-state index contributed by atoms with van der Waals surface area (Å²) in [6, 6.07) is 8.11. The minimum Gasteiger partial charge on any atom is -0.494 e. The Balaban J connectivity index is 1.74. The van der Waals surface area contributed by atoms with E-state index in [2.05, 4.69) is 4.98 Å². The largest absolute Gasteiger partial charge is 0.494 e. The molecular weight excluding hydrogens is 466 g/mol. The number of carbonyl (C=O) groups excluding carboxylic acids is 1. The first-order chi connectivity index (χ1) is 16.8. The summed E-state index contributed by atoms with van der Waals surface area (Å²) in [4.78, 5) is 29.7. The highest BCUT2D eigenvalue weighted by Gasteiger charge is 2.25. The predicted molar refractivity (Wildman–Crippen MR) is 117 cm³/mol. The molecule has 10 nitrogen and oxygen atoms in total. The van der Waals surface area contributed by atoms with Gasteiger partial charge in [-0.15, -0.1) is 0 Å². The third-order valence-corrected chi connectivity index (χ3v) is 5.33. The van der Waals surface area contributed by atoms with E-state index >= 15 is 0 Å². The number of methoxy groups -OCH3 is 1. The summed E-state index contributed by atoms with van der Waals surface area (Å²) in [5.74, 6) is -3.23. The van der Waals surface area contributed by atoms with Crippen molar-refractivity contribution in [2.75, 3.05) is 26.9 Å². The zero-order chi connectivity index (χ0) is 25.1. The molecule has 1 amide bonds. The molecule has 12 heteroatoms. The molecule has 1 aliphatic heterocycles. The second-order valence-corrected chi connectivity index (χ2v) is 7.65. The van der Waals surface area contributed by atoms with Gasteiger partial charge in [0.25, 0.3) is 11.5 Å². The highest BCUT2D eigenvalue weighted by Crippen LogP contribution is 2.27. The summed E-state index contributed by atoms with van der Waals surface area (Å²) < 4.78 is 50.9. The van der Waals surface area contributed by atoms with Crippen LogP contribution in [0.5, 0.6) is 11.5 Å². The number of nitriles is 1. The topological polar surface area (TPSA) is 139 Å². The van der Waals surface area contributed by atoms with Gasteiger partial charge >= 0.3 is 0 Å². The van der Waals surface area contributed by atoms with Crippen molar-refractivity contribution in [3.63, 3.8) is 0 Å². The molecule has 0 aliphatic carbocycles. The average molecular weight is 486 g/mol. The van der Waals surface area contributed by atoms with Crippen LogP contribution in [0.25, 0.3) is 10.9 Å². The van der Waals surface area contributed by atoms with Gasteiger partial charge in [0.15, 0.2) is 29.2 Å². The molecular formula is C23H20F2N4O6. The Kier molecular flexibility index (Phi) is 6.90. The van der Waals surface area contributed by atoms with Gasteiger partial charge in [-0.2, -0.15) is 5.26 Å². The summed E-state index contributed by atoms with van der Waals surface area (Å²) in [5, 5.41) is 8.66. The highest BCUT2D eigenvalue weighted by molar-refractivity contribution is 5.93. The van der Waals surface area contributed by atoms with Crippen LogP contribution in [-0.4, -0.2) is 54.6 Å². The molecule has 1 saturated heterocycles. The Labute approximate surface area is 197 Å². The first-order valence-electron chi connectivity index (χ1n) is 10.4. The average Bonchev–Trinajstić information content (AvgIpc) is 2.86. The van der Waals surface area contributed by atoms with E-state index in [9.17, 15) is 18.4 Å². The first kappa shape index (κ1) is 24.1. The molecule has 0 saturated carbocycles. The van der Waals surface area contributed by atoms with Crippen LogP contribution in [0, 0.1) is 23.0 Å². The number of nitrogens with two attached hydrogens (primary N) is 1. The van der Waals surface area contributed by atoms with E-state index in [4.69, 9.17) is 29.9 Å². The lowest BCUT2D eigenvalue weighted by Crippen LogP contribution is -2.38. The van der Waals surface area contributed by atoms with Crippen molar-refractivity contribution < 1.29 is 32.5 Å². The first-order valence-corrected chi connectivity index (χ1v) is 10.4. The van der Waals surface area contributed by atoms with Gasteiger partial charge in [-0.3, -0.25) is 14.2 Å². The summed E-state index contributed by atoms with van der Waals surface area (Å²) in [6.07, 6.45) is -1.30. The molecule has 3 aromatic rings. The molecule has 2 aromatic carbocycles. The lowest BCUT2D eigenvalue weighted by atomic mass is 10.1. The molecule has 1 aromatic heterocycles. The van der Waals surface area contributed by atoms with E-state index in [-0.39, 0.29) is 54.6 Å². The number of benzene rings is 2. The van der Waals surface area contributed by atoms with Gasteiger partial charge in [0.1, 0.15) is 18.1 Å². The third-order valence-electron chi connectivity index (χ3n) is 5.33. The molecule has 0 bridgehead atoms. The van der Waals surface area contributed by atoms with Crippen LogP contribution in [0.1, 0.15) is 16.2 Å². The van der Waals surface area contributed by atoms with Gasteiger partial charge in [0, 0.05) is 0 Å². The molecule has 2 atom stereocenters. The second-order valence-electron chi connectivity index (χ2n) is 7.65. The molecule has 2 unspecified atom stereocenters. The van der Waals surface area contributed by atoms with E-state index in [1.54, 1.807) is 0 Å². The molecule has 35 heavy (non-hydrogen) atoms. The van der Waals surface area contributed by atoms with Crippen molar-refractivity contribution in [1.29, 1.82) is 5.26 Å². The monoisotopic (exact) mass is 486 g/mol. The number of hydrogen-bond donors (Lipinski definition) is 1. The van der Waals surface area contributed by atoms with Crippen LogP contribution in [0.4, 0.5) is 8.78 Å². The van der Waals surface area contributed by atoms with E-state index in [0.717, 1.165) is 16.7 Å². The normalized spacial score (nSPS) is 17.7. The van der Waals surface area contributed by atoms with Gasteiger partial charge in [-0.05, 0) is 29.8 Å². The lowest BCUT2D eigenvalue weighted by molar-refractivity contribution is -0.124. The number of amides is 1. The zero-order valence-electron chi connectivity index (χ0n) is 18.5. The van der Waals surface area contributed by atoms with Gasteiger partial charge in [0.2, 0.25) is 5.82 Å². The summed E-state index contributed by atoms with van der Waals surface area (Å²) in [6.45, 7) is -0.312. The number of rotatable bonds is 7. The molecule has 2 heterocycles. The number of nitrogens with zero attached hydrogens (tertiary/aromatic N) is 3. The van der Waals surface area contributed by atoms with Crippen LogP contribution < -0.4 is 20.8 Å². The number of carbonyl (C=O) groups is 1. The standard InChI is InChI=1S/C23H20F2N4O6/c1-32-18-6-12(2-3-15(18)24)8-29-22(21(27)30)28-17-5-4-16(25)20(19(17)23(29)31)35-11-14-10-33-13(7-26)9-34-14/h2-6,13-14H,8-11H2,1H3,(H2,27,30). The van der Waals surface area contributed by atoms with Crippen molar-refractivity contribution in [2.24, 2.45) is 5.73 Å². The predicted octanol–water partition coefficient (Wildman–Crippen LogP) is 1.52. The Morgan fingerprint density at radius 2 is 2.03 bits per heavy atom. The fourth-order valence-electron chi connectivity index (χ4n) is 3.60. The van der Waals surface area contributed by atoms with Crippen LogP contribution in [-0.2, 0) is 16.0 Å². The third kappa shape index (κ3) is 4.91. The molecule has 2 N–H and O–H groups in total. The van der Waals surface area contributed by atoms with Crippen LogP contribution in [0.15, 0.2) is 35.1 Å². The lowest BCUT2D eigenvalue weighted by Gasteiger charge is -2.26. The summed E-state index contributed by atoms with van der Waals surface area (Å²) >= 11 is 0. The number of hydrogen-bond acceptors (Lipinski definition) is 8. The molecule has 0 radical (unpaired) electrons. The minimum absolute atomic E-state index is 0.00139. The molecule has 1 aliphatic rings. The maximum atomic E-state index is 14.8. The fraction of sp³-hybridized carbons (Fsp3) is 0.304. The number of halogens is 2. The molecule has 182 valence electrons. The van der Waals surface area contributed by atoms with Gasteiger partial charge in [-0.1, -0.05) is 6.07 Å². The molecule has 0 spiro atoms. The van der Waals surface area contributed by atoms with Gasteiger partial charge in [0.05, 0.1) is 38.5 Å². The summed E-state index contributed by atoms with van der Waals surface area (Å²) in [5.41, 5.74) is 5.07. The Morgan fingerprint density at radius 3 is 2.69 bits per heavy atom. The van der Waals surface area contributed by atoms with Gasteiger partial charge < -0.3 is 24.7 Å². The van der Waals surface area contributed by atoms with Crippen molar-refractivity contribution in [3.8, 4) is 17.6 Å². The Hall–Kier alpha value is -4.08. The van der Waals surface area contributed by atoms with E-state index in [1.165, 1.54) is 25.3 Å². The summed E-state index contributed by atoms with van der Waals surface area (Å²) in [7, 11) is 1.29. The maximum Gasteiger partial charge on any atom is 0.284 e. The van der Waals surface area contributed by atoms with Crippen molar-refractivity contribution in [1.82, 2.24) is 9.55 Å². The smallest absolute Gasteiger partial charge is 0.284 e. The number of primary amides is 1. The van der Waals surface area contributed by atoms with Crippen LogP contribution in [0.3, 0.4) is 0 Å². The number of ether oxygens (including phenoxy) is 4. The molecule has 1 fully saturated rings. The quantitative estimate of drug-likeness (QED) is 0.530. The number of fused-ring (bicyclic) bond motifs is 1. The van der Waals surface area contributed by atoms with Crippen LogP contribution >= 0.6 is 0 Å². The van der Waals surface area contributed by atoms with E-state index < -0.39 is 35.3 Å². The van der Waals surface area contributed by atoms with Crippen molar-refractivity contribution >= 4 is 16.8 Å². The SMILES string of the molecule is COc1cc(Cn2c(C(N)=O)nc3ccc(F)c(OCC4COC(C#N)CO4)c3c2=O)ccc1F. The second kappa shape index (κ2) is 10.0. The Morgan fingerprint density at radius 1 is 1.26 bits per heavy atom. The zero-order valence-corrected chi connectivity index (χ0v) is 18.5.